The van der Waals surface area contributed by atoms with Crippen LogP contribution in [-0.4, -0.2) is 50.8 Å². The summed E-state index contributed by atoms with van der Waals surface area (Å²) in [6.45, 7) is 8.57. The molecule has 2 aliphatic heterocycles. The zero-order chi connectivity index (χ0) is 18.6. The van der Waals surface area contributed by atoms with Crippen LogP contribution < -0.4 is 16.5 Å². The Morgan fingerprint density at radius 1 is 1.38 bits per heavy atom. The molecule has 0 aromatic heterocycles. The minimum Gasteiger partial charge on any atom is -0.376 e. The highest BCUT2D eigenvalue weighted by Crippen LogP contribution is 2.33. The lowest BCUT2D eigenvalue weighted by Crippen LogP contribution is -2.58. The summed E-state index contributed by atoms with van der Waals surface area (Å²) < 4.78 is 5.71. The van der Waals surface area contributed by atoms with Crippen LogP contribution in [0, 0.1) is 12.3 Å². The van der Waals surface area contributed by atoms with E-state index < -0.39 is 0 Å². The van der Waals surface area contributed by atoms with Gasteiger partial charge in [0.25, 0.3) is 0 Å². The van der Waals surface area contributed by atoms with Crippen molar-refractivity contribution in [2.24, 2.45) is 27.1 Å². The molecular weight excluding hydrogens is 326 g/mol. The van der Waals surface area contributed by atoms with E-state index in [1.165, 1.54) is 12.1 Å². The second kappa shape index (κ2) is 8.18. The topological polar surface area (TPSA) is 89.2 Å². The molecule has 6 nitrogen and oxygen atoms in total. The number of hydrogen-bond donors (Lipinski definition) is 2. The maximum Gasteiger partial charge on any atom is 0.108 e. The molecule has 2 heterocycles. The lowest BCUT2D eigenvalue weighted by Gasteiger charge is -2.49. The number of rotatable bonds is 6. The molecule has 1 unspecified atom stereocenters. The van der Waals surface area contributed by atoms with Crippen molar-refractivity contribution in [1.29, 1.82) is 0 Å². The zero-order valence-electron chi connectivity index (χ0n) is 15.9. The summed E-state index contributed by atoms with van der Waals surface area (Å²) in [5.74, 6) is 5.62. The number of ether oxygens (including phenoxy) is 1. The second-order valence-corrected chi connectivity index (χ2v) is 7.87. The first-order valence-corrected chi connectivity index (χ1v) is 9.50. The van der Waals surface area contributed by atoms with Crippen molar-refractivity contribution in [3.05, 3.63) is 29.3 Å². The van der Waals surface area contributed by atoms with E-state index in [9.17, 15) is 0 Å². The van der Waals surface area contributed by atoms with Crippen molar-refractivity contribution in [2.45, 2.75) is 39.2 Å². The maximum absolute atomic E-state index is 5.84. The molecule has 0 aliphatic carbocycles. The third kappa shape index (κ3) is 4.24. The van der Waals surface area contributed by atoms with Crippen LogP contribution in [-0.2, 0) is 4.74 Å². The van der Waals surface area contributed by atoms with Gasteiger partial charge in [-0.15, -0.1) is 0 Å². The molecule has 0 spiro atoms. The van der Waals surface area contributed by atoms with Crippen molar-refractivity contribution in [2.75, 3.05) is 37.7 Å². The fraction of sp³-hybridized carbons (Fsp3) is 0.600. The molecule has 142 valence electrons. The summed E-state index contributed by atoms with van der Waals surface area (Å²) in [7, 11) is 0. The van der Waals surface area contributed by atoms with Gasteiger partial charge in [-0.05, 0) is 43.9 Å². The number of benzene rings is 1. The number of nitrogens with two attached hydrogens (primary N) is 2. The van der Waals surface area contributed by atoms with Crippen LogP contribution >= 0.6 is 0 Å². The van der Waals surface area contributed by atoms with E-state index in [0.717, 1.165) is 50.2 Å². The van der Waals surface area contributed by atoms with Gasteiger partial charge in [-0.3, -0.25) is 4.99 Å². The highest BCUT2D eigenvalue weighted by molar-refractivity contribution is 6.38. The van der Waals surface area contributed by atoms with Crippen LogP contribution in [0.3, 0.4) is 0 Å². The van der Waals surface area contributed by atoms with E-state index in [0.29, 0.717) is 12.3 Å². The van der Waals surface area contributed by atoms with E-state index >= 15 is 0 Å². The molecular formula is C20H31N5O. The van der Waals surface area contributed by atoms with Crippen molar-refractivity contribution in [1.82, 2.24) is 0 Å². The standard InChI is InChI=1S/C20H31N5O/c1-15-9-16(25-13-20(2,12-21)14-25)6-7-18(15)19(24-22)11-23-10-17-5-3-4-8-26-17/h6-7,9,11,17H,3-5,8,10,12-14,21-22H2,1-2H3/b23-11?,24-19+. The molecule has 0 amide bonds. The maximum atomic E-state index is 5.84. The summed E-state index contributed by atoms with van der Waals surface area (Å²) in [5.41, 5.74) is 10.2. The summed E-state index contributed by atoms with van der Waals surface area (Å²) in [4.78, 5) is 6.87. The fourth-order valence-electron chi connectivity index (χ4n) is 3.70. The molecule has 0 radical (unpaired) electrons. The van der Waals surface area contributed by atoms with Gasteiger partial charge < -0.3 is 21.2 Å². The molecule has 2 saturated heterocycles. The van der Waals surface area contributed by atoms with E-state index in [4.69, 9.17) is 16.3 Å². The van der Waals surface area contributed by atoms with Crippen molar-refractivity contribution < 1.29 is 4.74 Å². The Kier molecular flexibility index (Phi) is 5.94. The van der Waals surface area contributed by atoms with Crippen molar-refractivity contribution in [3.8, 4) is 0 Å². The average Bonchev–Trinajstić information content (AvgIpc) is 2.64. The Hall–Kier alpha value is -1.92. The lowest BCUT2D eigenvalue weighted by molar-refractivity contribution is 0.0226. The smallest absolute Gasteiger partial charge is 0.108 e. The van der Waals surface area contributed by atoms with Crippen molar-refractivity contribution in [3.63, 3.8) is 0 Å². The Balaban J connectivity index is 1.63. The number of anilines is 1. The van der Waals surface area contributed by atoms with Gasteiger partial charge in [0.15, 0.2) is 0 Å². The van der Waals surface area contributed by atoms with Gasteiger partial charge in [0.2, 0.25) is 0 Å². The Labute approximate surface area is 156 Å². The molecule has 2 fully saturated rings. The third-order valence-corrected chi connectivity index (χ3v) is 5.42. The third-order valence-electron chi connectivity index (χ3n) is 5.42. The van der Waals surface area contributed by atoms with Gasteiger partial charge >= 0.3 is 0 Å². The molecule has 1 atom stereocenters. The predicted molar refractivity (Wildman–Crippen MR) is 108 cm³/mol. The van der Waals surface area contributed by atoms with Crippen LogP contribution in [0.5, 0.6) is 0 Å². The van der Waals surface area contributed by atoms with E-state index in [1.807, 2.05) is 0 Å². The normalized spacial score (nSPS) is 23.3. The Bertz CT molecular complexity index is 673. The predicted octanol–water partition coefficient (Wildman–Crippen LogP) is 2.08. The Morgan fingerprint density at radius 3 is 2.81 bits per heavy atom. The molecule has 26 heavy (non-hydrogen) atoms. The highest BCUT2D eigenvalue weighted by Gasteiger charge is 2.37. The first-order chi connectivity index (χ1) is 12.5. The summed E-state index contributed by atoms with van der Waals surface area (Å²) in [5, 5.41) is 3.94. The first kappa shape index (κ1) is 18.9. The number of hydrazone groups is 1. The van der Waals surface area contributed by atoms with Gasteiger partial charge in [-0.1, -0.05) is 13.0 Å². The highest BCUT2D eigenvalue weighted by atomic mass is 16.5. The van der Waals surface area contributed by atoms with Crippen LogP contribution in [0.1, 0.15) is 37.3 Å². The van der Waals surface area contributed by atoms with E-state index in [2.05, 4.69) is 47.0 Å². The number of hydrogen-bond acceptors (Lipinski definition) is 6. The van der Waals surface area contributed by atoms with Gasteiger partial charge in [-0.2, -0.15) is 5.10 Å². The molecule has 0 bridgehead atoms. The molecule has 0 saturated carbocycles. The molecule has 1 aromatic rings. The quantitative estimate of drug-likeness (QED) is 0.463. The van der Waals surface area contributed by atoms with Crippen LogP contribution in [0.2, 0.25) is 0 Å². The molecule has 3 rings (SSSR count). The van der Waals surface area contributed by atoms with Gasteiger partial charge in [0.05, 0.1) is 12.6 Å². The SMILES string of the molecule is Cc1cc(N2CC(C)(CN)C2)ccc1/C(C=NCC1CCCCO1)=N/N. The van der Waals surface area contributed by atoms with Gasteiger partial charge in [0.1, 0.15) is 5.71 Å². The van der Waals surface area contributed by atoms with Gasteiger partial charge in [-0.25, -0.2) is 0 Å². The summed E-state index contributed by atoms with van der Waals surface area (Å²) >= 11 is 0. The van der Waals surface area contributed by atoms with Crippen LogP contribution in [0.4, 0.5) is 5.69 Å². The largest absolute Gasteiger partial charge is 0.376 e. The van der Waals surface area contributed by atoms with E-state index in [1.54, 1.807) is 6.21 Å². The first-order valence-electron chi connectivity index (χ1n) is 9.50. The fourth-order valence-corrected chi connectivity index (χ4v) is 3.70. The molecule has 2 aliphatic rings. The second-order valence-electron chi connectivity index (χ2n) is 7.87. The molecule has 1 aromatic carbocycles. The Morgan fingerprint density at radius 2 is 2.19 bits per heavy atom. The summed E-state index contributed by atoms with van der Waals surface area (Å²) in [6.07, 6.45) is 5.46. The number of nitrogens with zero attached hydrogens (tertiary/aromatic N) is 3. The minimum atomic E-state index is 0.228. The summed E-state index contributed by atoms with van der Waals surface area (Å²) in [6, 6.07) is 6.40. The van der Waals surface area contributed by atoms with Crippen LogP contribution in [0.15, 0.2) is 28.3 Å². The van der Waals surface area contributed by atoms with E-state index in [-0.39, 0.29) is 11.5 Å². The number of aryl methyl sites for hydroxylation is 1. The average molecular weight is 358 g/mol. The lowest BCUT2D eigenvalue weighted by atomic mass is 9.81. The number of aliphatic imine (C=N–C) groups is 1. The molecule has 6 heteroatoms. The monoisotopic (exact) mass is 357 g/mol. The minimum absolute atomic E-state index is 0.228. The van der Waals surface area contributed by atoms with Crippen molar-refractivity contribution >= 4 is 17.6 Å². The van der Waals surface area contributed by atoms with Crippen LogP contribution in [0.25, 0.3) is 0 Å². The molecule has 4 N–H and O–H groups in total. The zero-order valence-corrected chi connectivity index (χ0v) is 15.9. The van der Waals surface area contributed by atoms with Gasteiger partial charge in [0, 0.05) is 49.1 Å².